The number of aromatic nitrogens is 1. The van der Waals surface area contributed by atoms with Gasteiger partial charge < -0.3 is 9.73 Å². The number of benzene rings is 1. The van der Waals surface area contributed by atoms with Gasteiger partial charge in [0.15, 0.2) is 0 Å². The van der Waals surface area contributed by atoms with E-state index < -0.39 is 0 Å². The maximum Gasteiger partial charge on any atom is 0.117 e. The summed E-state index contributed by atoms with van der Waals surface area (Å²) in [6.45, 7) is 1.57. The molecule has 1 aromatic carbocycles. The predicted octanol–water partition coefficient (Wildman–Crippen LogP) is 3.12. The molecule has 18 heavy (non-hydrogen) atoms. The summed E-state index contributed by atoms with van der Waals surface area (Å²) in [6, 6.07) is 12.2. The van der Waals surface area contributed by atoms with Crippen LogP contribution in [0.1, 0.15) is 11.3 Å². The summed E-state index contributed by atoms with van der Waals surface area (Å²) in [6.07, 6.45) is 5.42. The van der Waals surface area contributed by atoms with Crippen LogP contribution in [-0.4, -0.2) is 4.98 Å². The second-order valence-corrected chi connectivity index (χ2v) is 4.20. The second-order valence-electron chi connectivity index (χ2n) is 4.20. The van der Waals surface area contributed by atoms with Crippen LogP contribution in [0, 0.1) is 0 Å². The summed E-state index contributed by atoms with van der Waals surface area (Å²) in [5, 5.41) is 5.81. The van der Waals surface area contributed by atoms with Crippen LogP contribution in [0.5, 0.6) is 0 Å². The topological polar surface area (TPSA) is 38.1 Å². The first kappa shape index (κ1) is 11.0. The maximum atomic E-state index is 5.29. The van der Waals surface area contributed by atoms with Gasteiger partial charge in [0.2, 0.25) is 0 Å². The third-order valence-electron chi connectivity index (χ3n) is 2.97. The highest BCUT2D eigenvalue weighted by Gasteiger charge is 2.01. The van der Waals surface area contributed by atoms with Crippen LogP contribution in [0.3, 0.4) is 0 Å². The zero-order valence-corrected chi connectivity index (χ0v) is 9.97. The van der Waals surface area contributed by atoms with E-state index in [0.717, 1.165) is 18.8 Å². The van der Waals surface area contributed by atoms with Crippen molar-refractivity contribution in [2.75, 3.05) is 0 Å². The van der Waals surface area contributed by atoms with E-state index in [1.807, 2.05) is 24.5 Å². The largest absolute Gasteiger partial charge is 0.468 e. The zero-order chi connectivity index (χ0) is 12.2. The van der Waals surface area contributed by atoms with E-state index in [0.29, 0.717) is 0 Å². The van der Waals surface area contributed by atoms with Crippen molar-refractivity contribution in [1.82, 2.24) is 10.3 Å². The van der Waals surface area contributed by atoms with E-state index in [-0.39, 0.29) is 0 Å². The molecule has 3 rings (SSSR count). The van der Waals surface area contributed by atoms with E-state index >= 15 is 0 Å². The van der Waals surface area contributed by atoms with E-state index in [2.05, 4.69) is 34.6 Å². The molecule has 2 aromatic heterocycles. The second kappa shape index (κ2) is 5.02. The Balaban J connectivity index is 1.74. The van der Waals surface area contributed by atoms with Crippen LogP contribution in [-0.2, 0) is 13.1 Å². The summed E-state index contributed by atoms with van der Waals surface area (Å²) in [7, 11) is 0. The molecule has 3 nitrogen and oxygen atoms in total. The van der Waals surface area contributed by atoms with E-state index in [4.69, 9.17) is 4.42 Å². The molecule has 0 atom stereocenters. The smallest absolute Gasteiger partial charge is 0.117 e. The zero-order valence-electron chi connectivity index (χ0n) is 9.97. The first-order valence-corrected chi connectivity index (χ1v) is 5.98. The van der Waals surface area contributed by atoms with Gasteiger partial charge in [-0.3, -0.25) is 4.98 Å². The van der Waals surface area contributed by atoms with E-state index in [1.165, 1.54) is 16.3 Å². The Hall–Kier alpha value is -2.13. The highest BCUT2D eigenvalue weighted by molar-refractivity contribution is 5.84. The Morgan fingerprint density at radius 1 is 1.06 bits per heavy atom. The van der Waals surface area contributed by atoms with Gasteiger partial charge in [0.05, 0.1) is 12.8 Å². The van der Waals surface area contributed by atoms with Gasteiger partial charge in [-0.25, -0.2) is 0 Å². The minimum Gasteiger partial charge on any atom is -0.468 e. The molecule has 0 unspecified atom stereocenters. The van der Waals surface area contributed by atoms with Crippen LogP contribution in [0.25, 0.3) is 10.8 Å². The van der Waals surface area contributed by atoms with Crippen LogP contribution in [0.2, 0.25) is 0 Å². The fraction of sp³-hybridized carbons (Fsp3) is 0.133. The minimum absolute atomic E-state index is 0.745. The van der Waals surface area contributed by atoms with Gasteiger partial charge in [-0.2, -0.15) is 0 Å². The lowest BCUT2D eigenvalue weighted by Gasteiger charge is -2.06. The Morgan fingerprint density at radius 2 is 2.06 bits per heavy atom. The standard InChI is InChI=1S/C15H14N2O/c1-3-12-9-16-7-6-15(12)13(4-1)10-17-11-14-5-2-8-18-14/h1-9,17H,10-11H2. The molecule has 0 saturated heterocycles. The van der Waals surface area contributed by atoms with Crippen molar-refractivity contribution in [2.24, 2.45) is 0 Å². The third-order valence-corrected chi connectivity index (χ3v) is 2.97. The molecule has 0 fully saturated rings. The summed E-state index contributed by atoms with van der Waals surface area (Å²) in [5.41, 5.74) is 1.28. The van der Waals surface area contributed by atoms with Crippen LogP contribution in [0.15, 0.2) is 59.5 Å². The Morgan fingerprint density at radius 3 is 2.94 bits per heavy atom. The molecule has 90 valence electrons. The van der Waals surface area contributed by atoms with Crippen molar-refractivity contribution in [3.05, 3.63) is 66.4 Å². The lowest BCUT2D eigenvalue weighted by Crippen LogP contribution is -2.12. The number of nitrogens with one attached hydrogen (secondary N) is 1. The summed E-state index contributed by atoms with van der Waals surface area (Å²) in [4.78, 5) is 4.14. The van der Waals surface area contributed by atoms with Crippen LogP contribution in [0.4, 0.5) is 0 Å². The van der Waals surface area contributed by atoms with Crippen LogP contribution >= 0.6 is 0 Å². The normalized spacial score (nSPS) is 10.9. The molecule has 3 aromatic rings. The Kier molecular flexibility index (Phi) is 3.07. The van der Waals surface area contributed by atoms with Crippen molar-refractivity contribution in [3.8, 4) is 0 Å². The number of fused-ring (bicyclic) bond motifs is 1. The summed E-state index contributed by atoms with van der Waals surface area (Å²) < 4.78 is 5.29. The first-order valence-electron chi connectivity index (χ1n) is 5.98. The van der Waals surface area contributed by atoms with Gasteiger partial charge in [-0.1, -0.05) is 18.2 Å². The number of furan rings is 1. The SMILES string of the molecule is c1coc(CNCc2cccc3cnccc23)c1. The fourth-order valence-electron chi connectivity index (χ4n) is 2.08. The monoisotopic (exact) mass is 238 g/mol. The van der Waals surface area contributed by atoms with Gasteiger partial charge in [-0.05, 0) is 29.1 Å². The average Bonchev–Trinajstić information content (AvgIpc) is 2.92. The molecule has 0 spiro atoms. The highest BCUT2D eigenvalue weighted by Crippen LogP contribution is 2.17. The molecule has 0 radical (unpaired) electrons. The third kappa shape index (κ3) is 2.26. The van der Waals surface area contributed by atoms with E-state index in [9.17, 15) is 0 Å². The van der Waals surface area contributed by atoms with Gasteiger partial charge in [-0.15, -0.1) is 0 Å². The molecule has 0 aliphatic heterocycles. The van der Waals surface area contributed by atoms with E-state index in [1.54, 1.807) is 6.26 Å². The predicted molar refractivity (Wildman–Crippen MR) is 71.0 cm³/mol. The Labute approximate surface area is 105 Å². The quantitative estimate of drug-likeness (QED) is 0.759. The molecule has 3 heteroatoms. The molecular weight excluding hydrogens is 224 g/mol. The van der Waals surface area contributed by atoms with Gasteiger partial charge in [0.25, 0.3) is 0 Å². The van der Waals surface area contributed by atoms with Crippen molar-refractivity contribution in [2.45, 2.75) is 13.1 Å². The van der Waals surface area contributed by atoms with Gasteiger partial charge >= 0.3 is 0 Å². The summed E-state index contributed by atoms with van der Waals surface area (Å²) >= 11 is 0. The van der Waals surface area contributed by atoms with Crippen molar-refractivity contribution >= 4 is 10.8 Å². The van der Waals surface area contributed by atoms with Crippen molar-refractivity contribution < 1.29 is 4.42 Å². The number of rotatable bonds is 4. The molecule has 0 amide bonds. The van der Waals surface area contributed by atoms with Crippen LogP contribution < -0.4 is 5.32 Å². The molecule has 2 heterocycles. The van der Waals surface area contributed by atoms with Crippen molar-refractivity contribution in [1.29, 1.82) is 0 Å². The number of nitrogens with zero attached hydrogens (tertiary/aromatic N) is 1. The fourth-order valence-corrected chi connectivity index (χ4v) is 2.08. The van der Waals surface area contributed by atoms with Crippen molar-refractivity contribution in [3.63, 3.8) is 0 Å². The molecular formula is C15H14N2O. The molecule has 0 saturated carbocycles. The highest BCUT2D eigenvalue weighted by atomic mass is 16.3. The molecule has 1 N–H and O–H groups in total. The number of hydrogen-bond acceptors (Lipinski definition) is 3. The number of hydrogen-bond donors (Lipinski definition) is 1. The maximum absolute atomic E-state index is 5.29. The molecule has 0 aliphatic carbocycles. The average molecular weight is 238 g/mol. The lowest BCUT2D eigenvalue weighted by molar-refractivity contribution is 0.483. The molecule has 0 bridgehead atoms. The first-order chi connectivity index (χ1) is 8.93. The molecule has 0 aliphatic rings. The summed E-state index contributed by atoms with van der Waals surface area (Å²) in [5.74, 6) is 0.955. The van der Waals surface area contributed by atoms with Gasteiger partial charge in [0.1, 0.15) is 5.76 Å². The minimum atomic E-state index is 0.745. The lowest BCUT2D eigenvalue weighted by atomic mass is 10.1. The number of pyridine rings is 1. The van der Waals surface area contributed by atoms with Gasteiger partial charge in [0, 0.05) is 24.3 Å². The Bertz CT molecular complexity index is 627.